The van der Waals surface area contributed by atoms with Crippen molar-refractivity contribution >= 4 is 44.1 Å². The third-order valence-electron chi connectivity index (χ3n) is 5.50. The first kappa shape index (κ1) is 18.1. The lowest BCUT2D eigenvalue weighted by Gasteiger charge is -2.22. The van der Waals surface area contributed by atoms with Gasteiger partial charge in [0.1, 0.15) is 0 Å². The first-order chi connectivity index (χ1) is 14.2. The van der Waals surface area contributed by atoms with E-state index in [0.29, 0.717) is 12.1 Å². The minimum absolute atomic E-state index is 0.0663. The molecule has 3 heterocycles. The molecule has 0 unspecified atom stereocenters. The third-order valence-corrected chi connectivity index (χ3v) is 6.52. The Morgan fingerprint density at radius 2 is 1.90 bits per heavy atom. The molecule has 1 saturated heterocycles. The van der Waals surface area contributed by atoms with Crippen LogP contribution in [0.3, 0.4) is 0 Å². The number of benzene rings is 2. The summed E-state index contributed by atoms with van der Waals surface area (Å²) >= 11 is 1.68. The van der Waals surface area contributed by atoms with Crippen molar-refractivity contribution in [2.24, 2.45) is 0 Å². The van der Waals surface area contributed by atoms with Crippen LogP contribution in [0.25, 0.3) is 21.7 Å². The monoisotopic (exact) mass is 402 g/mol. The van der Waals surface area contributed by atoms with Crippen molar-refractivity contribution in [2.75, 3.05) is 31.1 Å². The number of amides is 1. The molecule has 0 N–H and O–H groups in total. The Bertz CT molecular complexity index is 1200. The molecule has 0 bridgehead atoms. The van der Waals surface area contributed by atoms with Gasteiger partial charge in [-0.1, -0.05) is 30.3 Å². The van der Waals surface area contributed by atoms with Gasteiger partial charge >= 0.3 is 0 Å². The number of fused-ring (bicyclic) bond motifs is 3. The van der Waals surface area contributed by atoms with E-state index in [1.165, 1.54) is 0 Å². The van der Waals surface area contributed by atoms with E-state index in [4.69, 9.17) is 0 Å². The highest BCUT2D eigenvalue weighted by atomic mass is 32.1. The molecule has 5 rings (SSSR count). The zero-order chi connectivity index (χ0) is 19.8. The second-order valence-corrected chi connectivity index (χ2v) is 8.29. The largest absolute Gasteiger partial charge is 0.346 e. The molecule has 1 amide bonds. The summed E-state index contributed by atoms with van der Waals surface area (Å²) in [5.74, 6) is 0.0663. The molecule has 1 fully saturated rings. The van der Waals surface area contributed by atoms with E-state index in [1.54, 1.807) is 17.5 Å². The number of hydrogen-bond acceptors (Lipinski definition) is 5. The number of pyridine rings is 1. The van der Waals surface area contributed by atoms with Crippen molar-refractivity contribution in [3.05, 3.63) is 65.3 Å². The summed E-state index contributed by atoms with van der Waals surface area (Å²) in [5.41, 5.74) is 2.53. The zero-order valence-electron chi connectivity index (χ0n) is 16.3. The van der Waals surface area contributed by atoms with Gasteiger partial charge in [-0.3, -0.25) is 9.78 Å². The Balaban J connectivity index is 1.48. The molecule has 2 aromatic heterocycles. The molecule has 146 valence electrons. The molecule has 0 atom stereocenters. The van der Waals surface area contributed by atoms with Crippen LogP contribution in [-0.2, 0) is 0 Å². The normalized spacial score (nSPS) is 15.1. The molecule has 1 aliphatic rings. The summed E-state index contributed by atoms with van der Waals surface area (Å²) in [6.45, 7) is 5.19. The van der Waals surface area contributed by atoms with Crippen LogP contribution < -0.4 is 4.90 Å². The number of aromatic nitrogens is 2. The molecule has 0 radical (unpaired) electrons. The average Bonchev–Trinajstić information content (AvgIpc) is 3.04. The van der Waals surface area contributed by atoms with Gasteiger partial charge in [-0.25, -0.2) is 4.98 Å². The van der Waals surface area contributed by atoms with Gasteiger partial charge in [0.15, 0.2) is 5.13 Å². The Kier molecular flexibility index (Phi) is 4.64. The molecule has 0 saturated carbocycles. The Labute approximate surface area is 173 Å². The predicted octanol–water partition coefficient (Wildman–Crippen LogP) is 4.51. The van der Waals surface area contributed by atoms with E-state index >= 15 is 0 Å². The maximum atomic E-state index is 13.5. The molecule has 1 aliphatic heterocycles. The van der Waals surface area contributed by atoms with Crippen LogP contribution >= 0.6 is 11.3 Å². The van der Waals surface area contributed by atoms with Crippen LogP contribution in [0.15, 0.2) is 54.0 Å². The predicted molar refractivity (Wildman–Crippen MR) is 119 cm³/mol. The van der Waals surface area contributed by atoms with E-state index in [1.807, 2.05) is 36.1 Å². The fourth-order valence-corrected chi connectivity index (χ4v) is 4.92. The summed E-state index contributed by atoms with van der Waals surface area (Å²) in [6, 6.07) is 14.2. The van der Waals surface area contributed by atoms with Gasteiger partial charge in [0, 0.05) is 43.1 Å². The topological polar surface area (TPSA) is 49.3 Å². The van der Waals surface area contributed by atoms with Crippen molar-refractivity contribution in [1.29, 1.82) is 0 Å². The summed E-state index contributed by atoms with van der Waals surface area (Å²) < 4.78 is 0. The third kappa shape index (κ3) is 3.34. The summed E-state index contributed by atoms with van der Waals surface area (Å²) in [5, 5.41) is 6.37. The van der Waals surface area contributed by atoms with Crippen LogP contribution in [0, 0.1) is 6.92 Å². The number of hydrogen-bond donors (Lipinski definition) is 0. The molecular weight excluding hydrogens is 380 g/mol. The summed E-state index contributed by atoms with van der Waals surface area (Å²) in [7, 11) is 0. The van der Waals surface area contributed by atoms with Gasteiger partial charge in [-0.05, 0) is 36.2 Å². The second-order valence-electron chi connectivity index (χ2n) is 7.45. The fourth-order valence-electron chi connectivity index (χ4n) is 4.06. The van der Waals surface area contributed by atoms with Gasteiger partial charge in [-0.15, -0.1) is 11.3 Å². The van der Waals surface area contributed by atoms with E-state index in [9.17, 15) is 4.79 Å². The van der Waals surface area contributed by atoms with Crippen LogP contribution in [0.4, 0.5) is 5.13 Å². The van der Waals surface area contributed by atoms with Gasteiger partial charge in [-0.2, -0.15) is 0 Å². The standard InChI is InChI=1S/C23H22N4OS/c1-16-15-29-23(25-16)27-11-5-10-26(12-13-27)22(28)20-14-17-6-2-3-7-18(17)19-8-4-9-24-21(19)20/h2-4,6-9,14-15H,5,10-13H2,1H3. The molecule has 0 aliphatic carbocycles. The van der Waals surface area contributed by atoms with Gasteiger partial charge in [0.25, 0.3) is 5.91 Å². The number of anilines is 1. The highest BCUT2D eigenvalue weighted by Crippen LogP contribution is 2.28. The molecule has 6 heteroatoms. The van der Waals surface area contributed by atoms with Crippen LogP contribution in [0.1, 0.15) is 22.5 Å². The molecule has 2 aromatic carbocycles. The van der Waals surface area contributed by atoms with Crippen molar-refractivity contribution in [3.8, 4) is 0 Å². The molecule has 5 nitrogen and oxygen atoms in total. The van der Waals surface area contributed by atoms with Crippen LogP contribution in [0.5, 0.6) is 0 Å². The number of nitrogens with zero attached hydrogens (tertiary/aromatic N) is 4. The van der Waals surface area contributed by atoms with Crippen LogP contribution in [-0.4, -0.2) is 47.0 Å². The first-order valence-electron chi connectivity index (χ1n) is 9.93. The quantitative estimate of drug-likeness (QED) is 0.463. The Morgan fingerprint density at radius 1 is 1.03 bits per heavy atom. The van der Waals surface area contributed by atoms with E-state index in [-0.39, 0.29) is 5.91 Å². The van der Waals surface area contributed by atoms with Crippen molar-refractivity contribution < 1.29 is 4.79 Å². The highest BCUT2D eigenvalue weighted by Gasteiger charge is 2.24. The number of carbonyl (C=O) groups is 1. The molecular formula is C23H22N4OS. The number of rotatable bonds is 2. The van der Waals surface area contributed by atoms with E-state index < -0.39 is 0 Å². The average molecular weight is 403 g/mol. The van der Waals surface area contributed by atoms with Crippen molar-refractivity contribution in [3.63, 3.8) is 0 Å². The lowest BCUT2D eigenvalue weighted by molar-refractivity contribution is 0.0769. The number of aryl methyl sites for hydroxylation is 1. The molecule has 4 aromatic rings. The minimum atomic E-state index is 0.0663. The van der Waals surface area contributed by atoms with Gasteiger partial charge in [0.2, 0.25) is 0 Å². The number of thiazole rings is 1. The molecule has 29 heavy (non-hydrogen) atoms. The summed E-state index contributed by atoms with van der Waals surface area (Å²) in [4.78, 5) is 27.0. The van der Waals surface area contributed by atoms with Crippen LogP contribution in [0.2, 0.25) is 0 Å². The highest BCUT2D eigenvalue weighted by molar-refractivity contribution is 7.13. The first-order valence-corrected chi connectivity index (χ1v) is 10.8. The lowest BCUT2D eigenvalue weighted by atomic mass is 10.00. The van der Waals surface area contributed by atoms with Gasteiger partial charge in [0.05, 0.1) is 16.8 Å². The SMILES string of the molecule is Cc1csc(N2CCCN(C(=O)c3cc4ccccc4c4cccnc34)CC2)n1. The van der Waals surface area contributed by atoms with Gasteiger partial charge < -0.3 is 9.80 Å². The molecule has 0 spiro atoms. The Hall–Kier alpha value is -2.99. The minimum Gasteiger partial charge on any atom is -0.346 e. The fraction of sp³-hybridized carbons (Fsp3) is 0.261. The second kappa shape index (κ2) is 7.44. The maximum absolute atomic E-state index is 13.5. The Morgan fingerprint density at radius 3 is 2.76 bits per heavy atom. The smallest absolute Gasteiger partial charge is 0.256 e. The lowest BCUT2D eigenvalue weighted by Crippen LogP contribution is -2.35. The summed E-state index contributed by atoms with van der Waals surface area (Å²) in [6.07, 6.45) is 2.70. The maximum Gasteiger partial charge on any atom is 0.256 e. The zero-order valence-corrected chi connectivity index (χ0v) is 17.2. The number of carbonyl (C=O) groups excluding carboxylic acids is 1. The van der Waals surface area contributed by atoms with E-state index in [0.717, 1.165) is 58.6 Å². The van der Waals surface area contributed by atoms with Crippen molar-refractivity contribution in [2.45, 2.75) is 13.3 Å². The van der Waals surface area contributed by atoms with Crippen molar-refractivity contribution in [1.82, 2.24) is 14.9 Å². The van der Waals surface area contributed by atoms with E-state index in [2.05, 4.69) is 38.4 Å².